The van der Waals surface area contributed by atoms with E-state index in [-0.39, 0.29) is 5.56 Å². The first kappa shape index (κ1) is 10.7. The maximum atomic E-state index is 13.2. The van der Waals surface area contributed by atoms with E-state index >= 15 is 0 Å². The summed E-state index contributed by atoms with van der Waals surface area (Å²) in [6.07, 6.45) is 1.95. The Hall–Kier alpha value is -1.78. The van der Waals surface area contributed by atoms with E-state index < -0.39 is 17.5 Å². The smallest absolute Gasteiger partial charge is 0.337 e. The lowest BCUT2D eigenvalue weighted by molar-refractivity contribution is 0.0697. The summed E-state index contributed by atoms with van der Waals surface area (Å²) in [6, 6.07) is 2.05. The van der Waals surface area contributed by atoms with Gasteiger partial charge in [0.25, 0.3) is 0 Å². The molecule has 16 heavy (non-hydrogen) atoms. The van der Waals surface area contributed by atoms with Crippen LogP contribution in [0.15, 0.2) is 12.1 Å². The zero-order chi connectivity index (χ0) is 11.7. The van der Waals surface area contributed by atoms with Gasteiger partial charge in [0.1, 0.15) is 0 Å². The molecular formula is C11H12FNO3. The van der Waals surface area contributed by atoms with E-state index in [1.54, 1.807) is 0 Å². The van der Waals surface area contributed by atoms with Crippen LogP contribution in [0.25, 0.3) is 0 Å². The number of phenols is 1. The van der Waals surface area contributed by atoms with E-state index in [2.05, 4.69) is 0 Å². The first-order valence-electron chi connectivity index (χ1n) is 5.10. The number of phenolic OH excluding ortho intramolecular Hbond substituents is 1. The van der Waals surface area contributed by atoms with Crippen molar-refractivity contribution in [1.29, 1.82) is 0 Å². The molecule has 0 bridgehead atoms. The van der Waals surface area contributed by atoms with Crippen LogP contribution in [0, 0.1) is 5.82 Å². The number of carbonyl (C=O) groups is 1. The van der Waals surface area contributed by atoms with Crippen LogP contribution in [0.2, 0.25) is 0 Å². The lowest BCUT2D eigenvalue weighted by atomic mass is 10.1. The van der Waals surface area contributed by atoms with E-state index in [9.17, 15) is 9.18 Å². The molecule has 0 unspecified atom stereocenters. The zero-order valence-corrected chi connectivity index (χ0v) is 8.61. The molecule has 1 aromatic carbocycles. The number of benzene rings is 1. The molecule has 0 saturated carbocycles. The Morgan fingerprint density at radius 3 is 2.50 bits per heavy atom. The van der Waals surface area contributed by atoms with Crippen molar-refractivity contribution in [2.24, 2.45) is 0 Å². The van der Waals surface area contributed by atoms with E-state index in [1.807, 2.05) is 4.90 Å². The topological polar surface area (TPSA) is 60.8 Å². The van der Waals surface area contributed by atoms with Crippen LogP contribution < -0.4 is 4.90 Å². The van der Waals surface area contributed by atoms with E-state index in [4.69, 9.17) is 10.2 Å². The standard InChI is InChI=1S/C11H12FNO3/c12-8-6-9(13-3-1-2-4-13)7(11(15)16)5-10(8)14/h5-6,14H,1-4H2,(H,15,16). The van der Waals surface area contributed by atoms with Crippen molar-refractivity contribution in [1.82, 2.24) is 0 Å². The van der Waals surface area contributed by atoms with Crippen molar-refractivity contribution in [3.05, 3.63) is 23.5 Å². The Morgan fingerprint density at radius 2 is 1.94 bits per heavy atom. The molecule has 2 rings (SSSR count). The largest absolute Gasteiger partial charge is 0.505 e. The van der Waals surface area contributed by atoms with Gasteiger partial charge in [0, 0.05) is 19.2 Å². The Kier molecular flexibility index (Phi) is 2.68. The lowest BCUT2D eigenvalue weighted by Gasteiger charge is -2.20. The SMILES string of the molecule is O=C(O)c1cc(O)c(F)cc1N1CCCC1. The maximum Gasteiger partial charge on any atom is 0.337 e. The van der Waals surface area contributed by atoms with Crippen LogP contribution in [0.3, 0.4) is 0 Å². The Balaban J connectivity index is 2.48. The number of carboxylic acids is 1. The lowest BCUT2D eigenvalue weighted by Crippen LogP contribution is -2.20. The average Bonchev–Trinajstić information content (AvgIpc) is 2.74. The highest BCUT2D eigenvalue weighted by molar-refractivity contribution is 5.95. The van der Waals surface area contributed by atoms with Gasteiger partial charge < -0.3 is 15.1 Å². The molecule has 0 atom stereocenters. The van der Waals surface area contributed by atoms with Crippen LogP contribution in [-0.2, 0) is 0 Å². The highest BCUT2D eigenvalue weighted by atomic mass is 19.1. The summed E-state index contributed by atoms with van der Waals surface area (Å²) in [4.78, 5) is 12.8. The number of carboxylic acid groups (broad SMARTS) is 1. The van der Waals surface area contributed by atoms with E-state index in [0.29, 0.717) is 5.69 Å². The molecule has 2 N–H and O–H groups in total. The minimum Gasteiger partial charge on any atom is -0.505 e. The molecule has 1 fully saturated rings. The molecule has 1 saturated heterocycles. The number of anilines is 1. The van der Waals surface area contributed by atoms with Crippen molar-refractivity contribution in [2.45, 2.75) is 12.8 Å². The molecule has 0 radical (unpaired) electrons. The summed E-state index contributed by atoms with van der Waals surface area (Å²) in [5.74, 6) is -2.57. The Labute approximate surface area is 91.9 Å². The molecule has 0 spiro atoms. The van der Waals surface area contributed by atoms with Crippen molar-refractivity contribution in [2.75, 3.05) is 18.0 Å². The van der Waals surface area contributed by atoms with Gasteiger partial charge in [0.2, 0.25) is 0 Å². The molecule has 4 nitrogen and oxygen atoms in total. The van der Waals surface area contributed by atoms with Gasteiger partial charge in [-0.25, -0.2) is 9.18 Å². The van der Waals surface area contributed by atoms with Gasteiger partial charge >= 0.3 is 5.97 Å². The second-order valence-corrected chi connectivity index (χ2v) is 3.82. The van der Waals surface area contributed by atoms with Crippen molar-refractivity contribution in [3.8, 4) is 5.75 Å². The van der Waals surface area contributed by atoms with Gasteiger partial charge in [-0.3, -0.25) is 0 Å². The maximum absolute atomic E-state index is 13.2. The predicted molar refractivity (Wildman–Crippen MR) is 56.5 cm³/mol. The van der Waals surface area contributed by atoms with Gasteiger partial charge in [-0.15, -0.1) is 0 Å². The summed E-state index contributed by atoms with van der Waals surface area (Å²) < 4.78 is 13.2. The molecular weight excluding hydrogens is 213 g/mol. The number of hydrogen-bond donors (Lipinski definition) is 2. The first-order valence-corrected chi connectivity index (χ1v) is 5.10. The predicted octanol–water partition coefficient (Wildman–Crippen LogP) is 1.83. The molecule has 0 aliphatic carbocycles. The van der Waals surface area contributed by atoms with Crippen LogP contribution in [0.4, 0.5) is 10.1 Å². The molecule has 1 aliphatic heterocycles. The molecule has 86 valence electrons. The number of halogens is 1. The van der Waals surface area contributed by atoms with Gasteiger partial charge in [-0.1, -0.05) is 0 Å². The Morgan fingerprint density at radius 1 is 1.31 bits per heavy atom. The summed E-state index contributed by atoms with van der Waals surface area (Å²) in [6.45, 7) is 1.45. The monoisotopic (exact) mass is 225 g/mol. The Bertz CT molecular complexity index is 427. The van der Waals surface area contributed by atoms with Gasteiger partial charge in [-0.2, -0.15) is 0 Å². The number of nitrogens with zero attached hydrogens (tertiary/aromatic N) is 1. The molecule has 1 aliphatic rings. The first-order chi connectivity index (χ1) is 7.59. The van der Waals surface area contributed by atoms with Gasteiger partial charge in [-0.05, 0) is 18.9 Å². The van der Waals surface area contributed by atoms with Crippen LogP contribution >= 0.6 is 0 Å². The molecule has 5 heteroatoms. The highest BCUT2D eigenvalue weighted by Crippen LogP contribution is 2.30. The molecule has 1 heterocycles. The van der Waals surface area contributed by atoms with Crippen LogP contribution in [-0.4, -0.2) is 29.3 Å². The van der Waals surface area contributed by atoms with Crippen molar-refractivity contribution in [3.63, 3.8) is 0 Å². The molecule has 1 aromatic rings. The fourth-order valence-electron chi connectivity index (χ4n) is 1.94. The fraction of sp³-hybridized carbons (Fsp3) is 0.364. The molecule has 0 aromatic heterocycles. The van der Waals surface area contributed by atoms with E-state index in [0.717, 1.165) is 38.1 Å². The summed E-state index contributed by atoms with van der Waals surface area (Å²) in [7, 11) is 0. The number of hydrogen-bond acceptors (Lipinski definition) is 3. The third kappa shape index (κ3) is 1.80. The summed E-state index contributed by atoms with van der Waals surface area (Å²) in [5.41, 5.74) is 0.293. The second-order valence-electron chi connectivity index (χ2n) is 3.82. The second kappa shape index (κ2) is 4.00. The third-order valence-electron chi connectivity index (χ3n) is 2.74. The van der Waals surface area contributed by atoms with Crippen molar-refractivity contribution >= 4 is 11.7 Å². The molecule has 0 amide bonds. The van der Waals surface area contributed by atoms with Gasteiger partial charge in [0.15, 0.2) is 11.6 Å². The fourth-order valence-corrected chi connectivity index (χ4v) is 1.94. The summed E-state index contributed by atoms with van der Waals surface area (Å²) in [5, 5.41) is 18.1. The number of aromatic carboxylic acids is 1. The minimum absolute atomic E-state index is 0.0548. The number of aromatic hydroxyl groups is 1. The quantitative estimate of drug-likeness (QED) is 0.806. The number of rotatable bonds is 2. The van der Waals surface area contributed by atoms with Gasteiger partial charge in [0.05, 0.1) is 11.3 Å². The van der Waals surface area contributed by atoms with E-state index in [1.165, 1.54) is 0 Å². The third-order valence-corrected chi connectivity index (χ3v) is 2.74. The normalized spacial score (nSPS) is 15.4. The zero-order valence-electron chi connectivity index (χ0n) is 8.61. The van der Waals surface area contributed by atoms with Crippen LogP contribution in [0.5, 0.6) is 5.75 Å². The van der Waals surface area contributed by atoms with Crippen LogP contribution in [0.1, 0.15) is 23.2 Å². The minimum atomic E-state index is -1.16. The van der Waals surface area contributed by atoms with Crippen molar-refractivity contribution < 1.29 is 19.4 Å². The highest BCUT2D eigenvalue weighted by Gasteiger charge is 2.21. The average molecular weight is 225 g/mol. The summed E-state index contributed by atoms with van der Waals surface area (Å²) >= 11 is 0.